The molecule has 0 spiro atoms. The molecular formula is C10H8N4OS. The highest BCUT2D eigenvalue weighted by Crippen LogP contribution is 2.19. The fraction of sp³-hybridized carbons (Fsp3) is 0.100. The number of rotatable bonds is 2. The van der Waals surface area contributed by atoms with Crippen LogP contribution in [-0.4, -0.2) is 25.2 Å². The van der Waals surface area contributed by atoms with Crippen LogP contribution >= 0.6 is 11.3 Å². The molecule has 0 unspecified atom stereocenters. The summed E-state index contributed by atoms with van der Waals surface area (Å²) in [6.07, 6.45) is 6.15. The summed E-state index contributed by atoms with van der Waals surface area (Å²) in [5.74, 6) is 1.45. The molecular weight excluding hydrogens is 224 g/mol. The molecule has 0 aromatic carbocycles. The number of imidazole rings is 2. The van der Waals surface area contributed by atoms with Gasteiger partial charge in [-0.15, -0.1) is 11.3 Å². The van der Waals surface area contributed by atoms with Crippen molar-refractivity contribution in [3.05, 3.63) is 35.5 Å². The second-order valence-corrected chi connectivity index (χ2v) is 4.21. The molecule has 3 aromatic rings. The first kappa shape index (κ1) is 9.29. The van der Waals surface area contributed by atoms with Gasteiger partial charge >= 0.3 is 0 Å². The van der Waals surface area contributed by atoms with Crippen molar-refractivity contribution in [2.45, 2.75) is 6.92 Å². The van der Waals surface area contributed by atoms with Crippen LogP contribution in [0.5, 0.6) is 0 Å². The Morgan fingerprint density at radius 2 is 2.31 bits per heavy atom. The van der Waals surface area contributed by atoms with Crippen LogP contribution < -0.4 is 0 Å². The molecule has 0 radical (unpaired) electrons. The maximum Gasteiger partial charge on any atom is 0.196 e. The second-order valence-electron chi connectivity index (χ2n) is 3.34. The van der Waals surface area contributed by atoms with E-state index in [1.54, 1.807) is 16.8 Å². The largest absolute Gasteiger partial charge is 0.296 e. The fourth-order valence-corrected chi connectivity index (χ4v) is 2.40. The highest BCUT2D eigenvalue weighted by molar-refractivity contribution is 7.15. The molecule has 0 saturated carbocycles. The van der Waals surface area contributed by atoms with Gasteiger partial charge in [-0.1, -0.05) is 0 Å². The quantitative estimate of drug-likeness (QED) is 0.632. The van der Waals surface area contributed by atoms with Gasteiger partial charge in [0.15, 0.2) is 17.1 Å². The number of carbonyl (C=O) groups excluding carboxylic acids is 1. The number of aromatic nitrogens is 4. The molecule has 3 rings (SSSR count). The van der Waals surface area contributed by atoms with Crippen molar-refractivity contribution in [2.24, 2.45) is 0 Å². The number of aldehydes is 1. The monoisotopic (exact) mass is 232 g/mol. The molecule has 0 aliphatic heterocycles. The van der Waals surface area contributed by atoms with E-state index in [1.807, 2.05) is 23.1 Å². The summed E-state index contributed by atoms with van der Waals surface area (Å²) in [4.78, 5) is 20.5. The van der Waals surface area contributed by atoms with E-state index in [2.05, 4.69) is 9.97 Å². The Labute approximate surface area is 95.0 Å². The van der Waals surface area contributed by atoms with Gasteiger partial charge in [0.2, 0.25) is 0 Å². The Balaban J connectivity index is 2.35. The van der Waals surface area contributed by atoms with Crippen molar-refractivity contribution >= 4 is 22.6 Å². The van der Waals surface area contributed by atoms with Gasteiger partial charge in [0.25, 0.3) is 0 Å². The van der Waals surface area contributed by atoms with Gasteiger partial charge in [-0.3, -0.25) is 13.8 Å². The van der Waals surface area contributed by atoms with Gasteiger partial charge in [0.05, 0.1) is 0 Å². The van der Waals surface area contributed by atoms with E-state index in [4.69, 9.17) is 0 Å². The standard InChI is InChI=1S/C10H8N4OS/c1-7-11-2-3-13(7)9-8(6-15)14-4-5-16-10(14)12-9/h2-6H,1H3. The van der Waals surface area contributed by atoms with Crippen LogP contribution in [0, 0.1) is 6.92 Å². The van der Waals surface area contributed by atoms with E-state index >= 15 is 0 Å². The van der Waals surface area contributed by atoms with Gasteiger partial charge in [-0.05, 0) is 6.92 Å². The first-order valence-electron chi connectivity index (χ1n) is 4.72. The van der Waals surface area contributed by atoms with Gasteiger partial charge in [0.1, 0.15) is 11.5 Å². The third-order valence-electron chi connectivity index (χ3n) is 2.45. The molecule has 0 N–H and O–H groups in total. The smallest absolute Gasteiger partial charge is 0.196 e. The van der Waals surface area contributed by atoms with Gasteiger partial charge in [0, 0.05) is 24.0 Å². The summed E-state index contributed by atoms with van der Waals surface area (Å²) in [5, 5.41) is 1.90. The topological polar surface area (TPSA) is 52.2 Å². The van der Waals surface area contributed by atoms with E-state index in [9.17, 15) is 4.79 Å². The lowest BCUT2D eigenvalue weighted by Crippen LogP contribution is -2.00. The molecule has 0 fully saturated rings. The Kier molecular flexibility index (Phi) is 1.90. The SMILES string of the molecule is Cc1nccn1-c1nc2sccn2c1C=O. The predicted octanol–water partition coefficient (Wildman–Crippen LogP) is 1.70. The van der Waals surface area contributed by atoms with E-state index < -0.39 is 0 Å². The van der Waals surface area contributed by atoms with E-state index in [-0.39, 0.29) is 0 Å². The first-order valence-corrected chi connectivity index (χ1v) is 5.60. The molecule has 0 atom stereocenters. The zero-order chi connectivity index (χ0) is 11.1. The van der Waals surface area contributed by atoms with Crippen LogP contribution in [-0.2, 0) is 0 Å². The van der Waals surface area contributed by atoms with Gasteiger partial charge < -0.3 is 0 Å². The van der Waals surface area contributed by atoms with Crippen LogP contribution in [0.15, 0.2) is 24.0 Å². The summed E-state index contributed by atoms with van der Waals surface area (Å²) in [7, 11) is 0. The van der Waals surface area contributed by atoms with E-state index in [1.165, 1.54) is 11.3 Å². The maximum atomic E-state index is 11.1. The second kappa shape index (κ2) is 3.28. The van der Waals surface area contributed by atoms with Crippen LogP contribution in [0.4, 0.5) is 0 Å². The molecule has 0 aliphatic carbocycles. The third kappa shape index (κ3) is 1.13. The molecule has 6 heteroatoms. The van der Waals surface area contributed by atoms with Gasteiger partial charge in [-0.25, -0.2) is 4.98 Å². The molecule has 0 saturated heterocycles. The van der Waals surface area contributed by atoms with Gasteiger partial charge in [-0.2, -0.15) is 4.98 Å². The van der Waals surface area contributed by atoms with E-state index in [0.717, 1.165) is 17.1 Å². The molecule has 16 heavy (non-hydrogen) atoms. The molecule has 0 aliphatic rings. The lowest BCUT2D eigenvalue weighted by Gasteiger charge is -2.00. The van der Waals surface area contributed by atoms with Crippen LogP contribution in [0.2, 0.25) is 0 Å². The lowest BCUT2D eigenvalue weighted by atomic mass is 10.4. The minimum absolute atomic E-state index is 0.553. The van der Waals surface area contributed by atoms with E-state index in [0.29, 0.717) is 11.5 Å². The third-order valence-corrected chi connectivity index (χ3v) is 3.20. The Bertz CT molecular complexity index is 663. The number of hydrogen-bond donors (Lipinski definition) is 0. The Morgan fingerprint density at radius 1 is 1.44 bits per heavy atom. The molecule has 3 heterocycles. The molecule has 0 amide bonds. The minimum Gasteiger partial charge on any atom is -0.296 e. The number of aryl methyl sites for hydroxylation is 1. The fourth-order valence-electron chi connectivity index (χ4n) is 1.68. The number of carbonyl (C=O) groups is 1. The first-order chi connectivity index (χ1) is 7.81. The summed E-state index contributed by atoms with van der Waals surface area (Å²) < 4.78 is 3.59. The Hall–Kier alpha value is -1.95. The summed E-state index contributed by atoms with van der Waals surface area (Å²) in [6, 6.07) is 0. The summed E-state index contributed by atoms with van der Waals surface area (Å²) in [5.41, 5.74) is 0.553. The average Bonchev–Trinajstić information content (AvgIpc) is 2.90. The van der Waals surface area contributed by atoms with Crippen molar-refractivity contribution in [2.75, 3.05) is 0 Å². The molecule has 5 nitrogen and oxygen atoms in total. The van der Waals surface area contributed by atoms with Crippen molar-refractivity contribution < 1.29 is 4.79 Å². The number of fused-ring (bicyclic) bond motifs is 1. The molecule has 0 bridgehead atoms. The normalized spacial score (nSPS) is 11.1. The van der Waals surface area contributed by atoms with Crippen molar-refractivity contribution in [1.82, 2.24) is 18.9 Å². The van der Waals surface area contributed by atoms with Crippen molar-refractivity contribution in [1.29, 1.82) is 0 Å². The maximum absolute atomic E-state index is 11.1. The van der Waals surface area contributed by atoms with Crippen molar-refractivity contribution in [3.8, 4) is 5.82 Å². The number of hydrogen-bond acceptors (Lipinski definition) is 4. The average molecular weight is 232 g/mol. The number of thiazole rings is 1. The van der Waals surface area contributed by atoms with Crippen molar-refractivity contribution in [3.63, 3.8) is 0 Å². The minimum atomic E-state index is 0.553. The number of nitrogens with zero attached hydrogens (tertiary/aromatic N) is 4. The highest BCUT2D eigenvalue weighted by atomic mass is 32.1. The van der Waals surface area contributed by atoms with Crippen LogP contribution in [0.25, 0.3) is 10.8 Å². The zero-order valence-electron chi connectivity index (χ0n) is 8.49. The predicted molar refractivity (Wildman–Crippen MR) is 60.3 cm³/mol. The highest BCUT2D eigenvalue weighted by Gasteiger charge is 2.14. The summed E-state index contributed by atoms with van der Waals surface area (Å²) >= 11 is 1.50. The molecule has 3 aromatic heterocycles. The van der Waals surface area contributed by atoms with Crippen LogP contribution in [0.1, 0.15) is 16.3 Å². The Morgan fingerprint density at radius 3 is 3.00 bits per heavy atom. The lowest BCUT2D eigenvalue weighted by molar-refractivity contribution is 0.111. The molecule has 80 valence electrons. The van der Waals surface area contributed by atoms with Crippen LogP contribution in [0.3, 0.4) is 0 Å². The zero-order valence-corrected chi connectivity index (χ0v) is 9.31. The summed E-state index contributed by atoms with van der Waals surface area (Å²) in [6.45, 7) is 1.88.